The third-order valence-electron chi connectivity index (χ3n) is 1.47. The highest BCUT2D eigenvalue weighted by Gasteiger charge is 2.02. The van der Waals surface area contributed by atoms with Crippen molar-refractivity contribution >= 4 is 59.4 Å². The van der Waals surface area contributed by atoms with Gasteiger partial charge in [-0.05, 0) is 18.2 Å². The maximum Gasteiger partial charge on any atom is 0.225 e. The fraction of sp³-hybridized carbons (Fsp3) is 0.222. The Bertz CT molecular complexity index is 321. The summed E-state index contributed by atoms with van der Waals surface area (Å²) in [6.45, 7) is 0. The Labute approximate surface area is 108 Å². The number of halogens is 3. The summed E-state index contributed by atoms with van der Waals surface area (Å²) in [7, 11) is 0. The minimum absolute atomic E-state index is 0.00637. The molecule has 76 valence electrons. The molecule has 1 rings (SSSR count). The predicted octanol–water partition coefficient (Wildman–Crippen LogP) is 3.94. The maximum absolute atomic E-state index is 11.3. The molecule has 0 heterocycles. The summed E-state index contributed by atoms with van der Waals surface area (Å²) < 4.78 is 1.86. The van der Waals surface area contributed by atoms with Crippen LogP contribution in [0, 0.1) is 0 Å². The van der Waals surface area contributed by atoms with Crippen LogP contribution < -0.4 is 5.32 Å². The Hall–Kier alpha value is 0.130. The third kappa shape index (κ3) is 4.11. The molecule has 1 N–H and O–H groups in total. The fourth-order valence-electron chi connectivity index (χ4n) is 0.935. The van der Waals surface area contributed by atoms with E-state index in [0.29, 0.717) is 11.8 Å². The van der Waals surface area contributed by atoms with E-state index in [0.717, 1.165) is 14.6 Å². The maximum atomic E-state index is 11.3. The molecule has 1 aromatic carbocycles. The molecule has 0 aliphatic carbocycles. The quantitative estimate of drug-likeness (QED) is 0.785. The topological polar surface area (TPSA) is 29.1 Å². The minimum Gasteiger partial charge on any atom is -0.326 e. The summed E-state index contributed by atoms with van der Waals surface area (Å²) in [4.78, 5) is 11.3. The number of carbonyl (C=O) groups is 1. The van der Waals surface area contributed by atoms with Crippen LogP contribution in [0.2, 0.25) is 0 Å². The summed E-state index contributed by atoms with van der Waals surface area (Å²) in [6, 6.07) is 5.63. The fourth-order valence-corrected chi connectivity index (χ4v) is 2.59. The van der Waals surface area contributed by atoms with Gasteiger partial charge in [-0.25, -0.2) is 0 Å². The molecule has 0 atom stereocenters. The standard InChI is InChI=1S/C9H8Br3NO/c10-2-1-9(14)13-8-4-6(11)3-7(12)5-8/h3-5H,1-2H2,(H,13,14). The molecule has 0 saturated heterocycles. The van der Waals surface area contributed by atoms with E-state index in [1.54, 1.807) is 0 Å². The lowest BCUT2D eigenvalue weighted by Crippen LogP contribution is -2.11. The first kappa shape index (κ1) is 12.2. The van der Waals surface area contributed by atoms with Gasteiger partial charge in [0, 0.05) is 26.4 Å². The van der Waals surface area contributed by atoms with Crippen molar-refractivity contribution in [1.29, 1.82) is 0 Å². The van der Waals surface area contributed by atoms with E-state index in [2.05, 4.69) is 53.1 Å². The van der Waals surface area contributed by atoms with Gasteiger partial charge in [0.15, 0.2) is 0 Å². The van der Waals surface area contributed by atoms with Crippen LogP contribution in [0.3, 0.4) is 0 Å². The Kier molecular flexibility index (Phi) is 5.12. The molecule has 2 nitrogen and oxygen atoms in total. The van der Waals surface area contributed by atoms with Gasteiger partial charge >= 0.3 is 0 Å². The number of benzene rings is 1. The van der Waals surface area contributed by atoms with Crippen molar-refractivity contribution in [3.8, 4) is 0 Å². The first-order valence-electron chi connectivity index (χ1n) is 3.93. The number of hydrogen-bond acceptors (Lipinski definition) is 1. The first-order valence-corrected chi connectivity index (χ1v) is 6.64. The normalized spacial score (nSPS) is 9.93. The van der Waals surface area contributed by atoms with E-state index < -0.39 is 0 Å². The second kappa shape index (κ2) is 5.88. The van der Waals surface area contributed by atoms with Gasteiger partial charge in [0.1, 0.15) is 0 Å². The van der Waals surface area contributed by atoms with Crippen LogP contribution >= 0.6 is 47.8 Å². The zero-order valence-electron chi connectivity index (χ0n) is 7.19. The minimum atomic E-state index is 0.00637. The van der Waals surface area contributed by atoms with Gasteiger partial charge in [0.2, 0.25) is 5.91 Å². The van der Waals surface area contributed by atoms with Crippen molar-refractivity contribution in [2.24, 2.45) is 0 Å². The zero-order chi connectivity index (χ0) is 10.6. The van der Waals surface area contributed by atoms with Crippen molar-refractivity contribution in [2.45, 2.75) is 6.42 Å². The Morgan fingerprint density at radius 2 is 1.79 bits per heavy atom. The molecule has 1 aromatic rings. The van der Waals surface area contributed by atoms with Gasteiger partial charge in [-0.3, -0.25) is 4.79 Å². The molecule has 0 saturated carbocycles. The molecule has 14 heavy (non-hydrogen) atoms. The molecule has 0 spiro atoms. The van der Waals surface area contributed by atoms with E-state index >= 15 is 0 Å². The zero-order valence-corrected chi connectivity index (χ0v) is 11.9. The number of alkyl halides is 1. The van der Waals surface area contributed by atoms with Crippen molar-refractivity contribution in [3.05, 3.63) is 27.1 Å². The van der Waals surface area contributed by atoms with Crippen LogP contribution in [0.5, 0.6) is 0 Å². The van der Waals surface area contributed by atoms with Crippen molar-refractivity contribution in [1.82, 2.24) is 0 Å². The van der Waals surface area contributed by atoms with E-state index in [-0.39, 0.29) is 5.91 Å². The highest BCUT2D eigenvalue weighted by atomic mass is 79.9. The lowest BCUT2D eigenvalue weighted by atomic mass is 10.3. The molecular formula is C9H8Br3NO. The average molecular weight is 386 g/mol. The molecule has 0 aromatic heterocycles. The highest BCUT2D eigenvalue weighted by molar-refractivity contribution is 9.11. The molecule has 0 bridgehead atoms. The molecule has 0 fully saturated rings. The van der Waals surface area contributed by atoms with Crippen molar-refractivity contribution in [2.75, 3.05) is 10.6 Å². The molecule has 5 heteroatoms. The summed E-state index contributed by atoms with van der Waals surface area (Å²) >= 11 is 9.92. The van der Waals surface area contributed by atoms with Crippen LogP contribution in [-0.4, -0.2) is 11.2 Å². The SMILES string of the molecule is O=C(CCBr)Nc1cc(Br)cc(Br)c1. The number of hydrogen-bond donors (Lipinski definition) is 1. The van der Waals surface area contributed by atoms with Crippen LogP contribution in [-0.2, 0) is 4.79 Å². The number of amides is 1. The van der Waals surface area contributed by atoms with Gasteiger partial charge in [0.25, 0.3) is 0 Å². The first-order chi connectivity index (χ1) is 6.61. The van der Waals surface area contributed by atoms with Gasteiger partial charge in [0.05, 0.1) is 0 Å². The summed E-state index contributed by atoms with van der Waals surface area (Å²) in [5.74, 6) is 0.00637. The molecule has 0 unspecified atom stereocenters. The molecule has 0 aliphatic rings. The van der Waals surface area contributed by atoms with Crippen molar-refractivity contribution < 1.29 is 4.79 Å². The van der Waals surface area contributed by atoms with E-state index in [1.165, 1.54) is 0 Å². The van der Waals surface area contributed by atoms with E-state index in [9.17, 15) is 4.79 Å². The number of rotatable bonds is 3. The van der Waals surface area contributed by atoms with E-state index in [4.69, 9.17) is 0 Å². The van der Waals surface area contributed by atoms with Gasteiger partial charge in [-0.2, -0.15) is 0 Å². The number of nitrogens with one attached hydrogen (secondary N) is 1. The Balaban J connectivity index is 2.71. The lowest BCUT2D eigenvalue weighted by Gasteiger charge is -2.05. The van der Waals surface area contributed by atoms with E-state index in [1.807, 2.05) is 18.2 Å². The van der Waals surface area contributed by atoms with Crippen LogP contribution in [0.15, 0.2) is 27.1 Å². The molecule has 0 aliphatic heterocycles. The van der Waals surface area contributed by atoms with Crippen LogP contribution in [0.4, 0.5) is 5.69 Å². The number of carbonyl (C=O) groups excluding carboxylic acids is 1. The second-order valence-corrected chi connectivity index (χ2v) is 5.27. The smallest absolute Gasteiger partial charge is 0.225 e. The summed E-state index contributed by atoms with van der Waals surface area (Å²) in [5, 5.41) is 3.47. The van der Waals surface area contributed by atoms with Crippen LogP contribution in [0.1, 0.15) is 6.42 Å². The third-order valence-corrected chi connectivity index (χ3v) is 2.78. The summed E-state index contributed by atoms with van der Waals surface area (Å²) in [5.41, 5.74) is 0.789. The molecular weight excluding hydrogens is 378 g/mol. The Morgan fingerprint density at radius 1 is 1.21 bits per heavy atom. The van der Waals surface area contributed by atoms with Crippen LogP contribution in [0.25, 0.3) is 0 Å². The second-order valence-electron chi connectivity index (χ2n) is 2.65. The average Bonchev–Trinajstić information content (AvgIpc) is 2.01. The van der Waals surface area contributed by atoms with Gasteiger partial charge < -0.3 is 5.32 Å². The number of anilines is 1. The predicted molar refractivity (Wildman–Crippen MR) is 68.9 cm³/mol. The lowest BCUT2D eigenvalue weighted by molar-refractivity contribution is -0.115. The monoisotopic (exact) mass is 383 g/mol. The molecule has 1 amide bonds. The largest absolute Gasteiger partial charge is 0.326 e. The summed E-state index contributed by atoms with van der Waals surface area (Å²) in [6.07, 6.45) is 0.476. The van der Waals surface area contributed by atoms with Crippen molar-refractivity contribution in [3.63, 3.8) is 0 Å². The van der Waals surface area contributed by atoms with Gasteiger partial charge in [-0.15, -0.1) is 0 Å². The van der Waals surface area contributed by atoms with Gasteiger partial charge in [-0.1, -0.05) is 47.8 Å². The molecule has 0 radical (unpaired) electrons. The highest BCUT2D eigenvalue weighted by Crippen LogP contribution is 2.23. The Morgan fingerprint density at radius 3 is 2.29 bits per heavy atom.